The molecule has 0 aromatic carbocycles. The Morgan fingerprint density at radius 1 is 0.758 bits per heavy atom. The molecule has 3 atom stereocenters. The first-order valence-corrected chi connectivity index (χ1v) is 11.5. The van der Waals surface area contributed by atoms with Gasteiger partial charge in [0.15, 0.2) is 0 Å². The normalized spacial score (nSPS) is 19.1. The molecule has 188 valence electrons. The number of hydrogen-bond donors (Lipinski definition) is 4. The number of aliphatic hydroxyl groups excluding tert-OH is 1. The molecular weight excluding hydrogens is 498 g/mol. The van der Waals surface area contributed by atoms with E-state index in [2.05, 4.69) is 37.9 Å². The molecular formula is C18H29N3O9S3. The van der Waals surface area contributed by atoms with Crippen LogP contribution in [0.5, 0.6) is 0 Å². The molecule has 0 aromatic rings. The maximum atomic E-state index is 12.8. The van der Waals surface area contributed by atoms with E-state index in [1.165, 1.54) is 20.8 Å². The van der Waals surface area contributed by atoms with Crippen LogP contribution in [0.1, 0.15) is 20.8 Å². The van der Waals surface area contributed by atoms with Crippen molar-refractivity contribution in [1.82, 2.24) is 14.7 Å². The lowest BCUT2D eigenvalue weighted by Gasteiger charge is -2.44. The minimum atomic E-state index is -1.71. The highest BCUT2D eigenvalue weighted by atomic mass is 32.1. The number of aliphatic hydroxyl groups is 1. The maximum Gasteiger partial charge on any atom is 0.331 e. The average molecular weight is 528 g/mol. The SMILES string of the molecule is CC(S)C(=O)OCCN1C(=O)N(CCOC(=O)C(C)S)C(O)N(CCOC(=O)C(C)S)C1=O. The van der Waals surface area contributed by atoms with Crippen LogP contribution in [0.2, 0.25) is 0 Å². The Morgan fingerprint density at radius 3 is 1.36 bits per heavy atom. The van der Waals surface area contributed by atoms with Crippen LogP contribution in [0, 0.1) is 0 Å². The van der Waals surface area contributed by atoms with Crippen molar-refractivity contribution in [3.63, 3.8) is 0 Å². The predicted octanol–water partition coefficient (Wildman–Crippen LogP) is 0.00640. The second kappa shape index (κ2) is 13.8. The number of carbonyl (C=O) groups excluding carboxylic acids is 5. The molecule has 1 aliphatic rings. The fourth-order valence-electron chi connectivity index (χ4n) is 2.46. The summed E-state index contributed by atoms with van der Waals surface area (Å²) in [5.74, 6) is -1.88. The number of urea groups is 2. The number of imide groups is 1. The van der Waals surface area contributed by atoms with E-state index in [4.69, 9.17) is 14.2 Å². The highest BCUT2D eigenvalue weighted by Crippen LogP contribution is 2.18. The molecule has 12 nitrogen and oxygen atoms in total. The monoisotopic (exact) mass is 527 g/mol. The Morgan fingerprint density at radius 2 is 1.06 bits per heavy atom. The molecule has 4 amide bonds. The lowest BCUT2D eigenvalue weighted by atomic mass is 10.4. The van der Waals surface area contributed by atoms with E-state index in [0.29, 0.717) is 0 Å². The van der Waals surface area contributed by atoms with Gasteiger partial charge in [0.1, 0.15) is 19.8 Å². The van der Waals surface area contributed by atoms with Gasteiger partial charge in [0.05, 0.1) is 35.4 Å². The predicted molar refractivity (Wildman–Crippen MR) is 125 cm³/mol. The number of thiol groups is 3. The number of rotatable bonds is 12. The van der Waals surface area contributed by atoms with E-state index in [-0.39, 0.29) is 39.5 Å². The summed E-state index contributed by atoms with van der Waals surface area (Å²) < 4.78 is 14.9. The number of hydrogen-bond acceptors (Lipinski definition) is 12. The van der Waals surface area contributed by atoms with Gasteiger partial charge in [-0.15, -0.1) is 0 Å². The van der Waals surface area contributed by atoms with Crippen molar-refractivity contribution >= 4 is 67.9 Å². The van der Waals surface area contributed by atoms with Gasteiger partial charge in [-0.25, -0.2) is 14.5 Å². The van der Waals surface area contributed by atoms with Crippen molar-refractivity contribution < 1.29 is 43.3 Å². The first-order valence-electron chi connectivity index (χ1n) is 9.99. The summed E-state index contributed by atoms with van der Waals surface area (Å²) in [4.78, 5) is 63.0. The fourth-order valence-corrected chi connectivity index (χ4v) is 2.68. The summed E-state index contributed by atoms with van der Waals surface area (Å²) >= 11 is 11.8. The molecule has 0 aliphatic carbocycles. The summed E-state index contributed by atoms with van der Waals surface area (Å²) in [6.45, 7) is 2.91. The summed E-state index contributed by atoms with van der Waals surface area (Å²) in [5, 5.41) is 8.53. The van der Waals surface area contributed by atoms with Crippen LogP contribution in [0.3, 0.4) is 0 Å². The largest absolute Gasteiger partial charge is 0.463 e. The van der Waals surface area contributed by atoms with Crippen LogP contribution < -0.4 is 0 Å². The first kappa shape index (κ1) is 29.2. The lowest BCUT2D eigenvalue weighted by Crippen LogP contribution is -2.67. The number of nitrogens with zero attached hydrogens (tertiary/aromatic N) is 3. The second-order valence-corrected chi connectivity index (χ2v) is 9.30. The van der Waals surface area contributed by atoms with Crippen LogP contribution in [0.4, 0.5) is 9.59 Å². The minimum Gasteiger partial charge on any atom is -0.463 e. The third kappa shape index (κ3) is 8.79. The topological polar surface area (TPSA) is 143 Å². The van der Waals surface area contributed by atoms with E-state index in [9.17, 15) is 29.1 Å². The van der Waals surface area contributed by atoms with Gasteiger partial charge in [-0.3, -0.25) is 24.2 Å². The molecule has 0 aromatic heterocycles. The van der Waals surface area contributed by atoms with E-state index >= 15 is 0 Å². The first-order chi connectivity index (χ1) is 15.4. The standard InChI is InChI=1S/C18H29N3O9S3/c1-10(31)13(22)28-7-4-19-16(25)20(5-8-29-14(23)11(2)32)18(27)21(17(19)26)6-9-30-15(24)12(3)33/h10-12,16,25,31-33H,4-9H2,1-3H3. The Bertz CT molecular complexity index is 690. The molecule has 33 heavy (non-hydrogen) atoms. The Balaban J connectivity index is 2.91. The van der Waals surface area contributed by atoms with Gasteiger partial charge in [0.25, 0.3) is 0 Å². The van der Waals surface area contributed by atoms with Gasteiger partial charge < -0.3 is 19.3 Å². The van der Waals surface area contributed by atoms with Crippen molar-refractivity contribution in [2.75, 3.05) is 39.5 Å². The lowest BCUT2D eigenvalue weighted by molar-refractivity contribution is -0.147. The second-order valence-electron chi connectivity index (χ2n) is 6.98. The highest BCUT2D eigenvalue weighted by molar-refractivity contribution is 7.82. The van der Waals surface area contributed by atoms with Crippen molar-refractivity contribution in [2.24, 2.45) is 0 Å². The van der Waals surface area contributed by atoms with Crippen LogP contribution in [-0.2, 0) is 28.6 Å². The van der Waals surface area contributed by atoms with Crippen LogP contribution in [-0.4, -0.2) is 111 Å². The van der Waals surface area contributed by atoms with Crippen molar-refractivity contribution in [2.45, 2.75) is 42.9 Å². The van der Waals surface area contributed by atoms with Crippen molar-refractivity contribution in [1.29, 1.82) is 0 Å². The molecule has 0 bridgehead atoms. The highest BCUT2D eigenvalue weighted by Gasteiger charge is 2.43. The molecule has 1 rings (SSSR count). The summed E-state index contributed by atoms with van der Waals surface area (Å²) in [6.07, 6.45) is -1.71. The Kier molecular flexibility index (Phi) is 12.2. The average Bonchev–Trinajstić information content (AvgIpc) is 2.74. The van der Waals surface area contributed by atoms with Crippen molar-refractivity contribution in [3.05, 3.63) is 0 Å². The van der Waals surface area contributed by atoms with E-state index in [0.717, 1.165) is 14.7 Å². The molecule has 0 spiro atoms. The van der Waals surface area contributed by atoms with Gasteiger partial charge in [-0.05, 0) is 20.8 Å². The summed E-state index contributed by atoms with van der Waals surface area (Å²) in [5.41, 5.74) is 0. The van der Waals surface area contributed by atoms with Gasteiger partial charge >= 0.3 is 30.0 Å². The van der Waals surface area contributed by atoms with E-state index < -0.39 is 52.1 Å². The molecule has 3 unspecified atom stereocenters. The smallest absolute Gasteiger partial charge is 0.331 e. The summed E-state index contributed by atoms with van der Waals surface area (Å²) in [7, 11) is 0. The van der Waals surface area contributed by atoms with E-state index in [1.54, 1.807) is 0 Å². The zero-order chi connectivity index (χ0) is 25.3. The minimum absolute atomic E-state index is 0.243. The maximum absolute atomic E-state index is 12.8. The van der Waals surface area contributed by atoms with Gasteiger partial charge in [0.2, 0.25) is 6.35 Å². The summed E-state index contributed by atoms with van der Waals surface area (Å²) in [6, 6.07) is -1.76. The molecule has 1 N–H and O–H groups in total. The fraction of sp³-hybridized carbons (Fsp3) is 0.722. The quantitative estimate of drug-likeness (QED) is 0.157. The molecule has 1 saturated heterocycles. The molecule has 0 saturated carbocycles. The number of ether oxygens (including phenoxy) is 3. The van der Waals surface area contributed by atoms with Crippen LogP contribution >= 0.6 is 37.9 Å². The number of amides is 4. The third-order valence-electron chi connectivity index (χ3n) is 4.25. The molecule has 15 heteroatoms. The van der Waals surface area contributed by atoms with Crippen LogP contribution in [0.25, 0.3) is 0 Å². The molecule has 1 heterocycles. The van der Waals surface area contributed by atoms with E-state index in [1.807, 2.05) is 0 Å². The number of esters is 3. The zero-order valence-electron chi connectivity index (χ0n) is 18.4. The zero-order valence-corrected chi connectivity index (χ0v) is 21.1. The van der Waals surface area contributed by atoms with Gasteiger partial charge in [-0.2, -0.15) is 37.9 Å². The molecule has 1 fully saturated rings. The molecule has 0 radical (unpaired) electrons. The molecule has 1 aliphatic heterocycles. The third-order valence-corrected chi connectivity index (χ3v) is 4.88. The van der Waals surface area contributed by atoms with Gasteiger partial charge in [0, 0.05) is 0 Å². The van der Waals surface area contributed by atoms with Gasteiger partial charge in [-0.1, -0.05) is 0 Å². The Hall–Kier alpha value is -1.84. The van der Waals surface area contributed by atoms with Crippen LogP contribution in [0.15, 0.2) is 0 Å². The number of carbonyl (C=O) groups is 5. The Labute approximate surface area is 208 Å². The van der Waals surface area contributed by atoms with Crippen molar-refractivity contribution in [3.8, 4) is 0 Å².